The number of sulfonamides is 2. The van der Waals surface area contributed by atoms with Crippen LogP contribution in [-0.4, -0.2) is 52.4 Å². The van der Waals surface area contributed by atoms with E-state index in [1.165, 1.54) is 34.6 Å². The molecule has 1 atom stereocenters. The predicted octanol–water partition coefficient (Wildman–Crippen LogP) is 3.55. The maximum Gasteiger partial charge on any atom is 0.248 e. The Bertz CT molecular complexity index is 1150. The van der Waals surface area contributed by atoms with Crippen molar-refractivity contribution in [2.75, 3.05) is 29.0 Å². The van der Waals surface area contributed by atoms with Gasteiger partial charge in [-0.2, -0.15) is 4.31 Å². The number of anilines is 2. The Morgan fingerprint density at radius 2 is 1.59 bits per heavy atom. The lowest BCUT2D eigenvalue weighted by Gasteiger charge is -2.30. The number of amides is 1. The summed E-state index contributed by atoms with van der Waals surface area (Å²) in [6.07, 6.45) is 1.23. The molecule has 8 nitrogen and oxygen atoms in total. The van der Waals surface area contributed by atoms with Crippen LogP contribution in [0.5, 0.6) is 0 Å². The molecule has 0 saturated carbocycles. The van der Waals surface area contributed by atoms with E-state index in [2.05, 4.69) is 5.32 Å². The van der Waals surface area contributed by atoms with Crippen molar-refractivity contribution in [1.82, 2.24) is 4.31 Å². The van der Waals surface area contributed by atoms with Crippen molar-refractivity contribution in [2.45, 2.75) is 38.1 Å². The van der Waals surface area contributed by atoms with Crippen LogP contribution < -0.4 is 9.62 Å². The third-order valence-corrected chi connectivity index (χ3v) is 8.34. The van der Waals surface area contributed by atoms with E-state index in [0.717, 1.165) is 10.6 Å². The second kappa shape index (κ2) is 10.7. The Kier molecular flexibility index (Phi) is 8.69. The van der Waals surface area contributed by atoms with Crippen LogP contribution in [0, 0.1) is 0 Å². The van der Waals surface area contributed by atoms with Crippen molar-refractivity contribution >= 4 is 48.9 Å². The van der Waals surface area contributed by atoms with Crippen molar-refractivity contribution in [1.29, 1.82) is 0 Å². The van der Waals surface area contributed by atoms with E-state index >= 15 is 0 Å². The summed E-state index contributed by atoms with van der Waals surface area (Å²) in [5, 5.41) is 3.02. The summed E-state index contributed by atoms with van der Waals surface area (Å²) in [6.45, 7) is 5.91. The van der Waals surface area contributed by atoms with Crippen LogP contribution in [0.4, 0.5) is 11.4 Å². The molecule has 2 aromatic carbocycles. The quantitative estimate of drug-likeness (QED) is 0.536. The first-order chi connectivity index (χ1) is 14.9. The van der Waals surface area contributed by atoms with Gasteiger partial charge < -0.3 is 5.32 Å². The highest BCUT2D eigenvalue weighted by molar-refractivity contribution is 7.92. The highest BCUT2D eigenvalue weighted by Crippen LogP contribution is 2.26. The van der Waals surface area contributed by atoms with Crippen molar-refractivity contribution in [3.05, 3.63) is 53.6 Å². The van der Waals surface area contributed by atoms with E-state index < -0.39 is 32.0 Å². The van der Waals surface area contributed by atoms with E-state index in [0.29, 0.717) is 23.8 Å². The number of nitrogens with zero attached hydrogens (tertiary/aromatic N) is 2. The zero-order valence-corrected chi connectivity index (χ0v) is 20.8. The second-order valence-electron chi connectivity index (χ2n) is 7.07. The number of carbonyl (C=O) groups is 1. The molecule has 0 saturated heterocycles. The van der Waals surface area contributed by atoms with Crippen LogP contribution in [0.25, 0.3) is 0 Å². The summed E-state index contributed by atoms with van der Waals surface area (Å²) in [7, 11) is -7.42. The molecule has 0 bridgehead atoms. The number of hydrogen-bond acceptors (Lipinski definition) is 5. The van der Waals surface area contributed by atoms with Gasteiger partial charge in [0.25, 0.3) is 0 Å². The SMILES string of the molecule is CCC(C(=O)Nc1ccc(S(=O)(=O)N(CC)CC)cc1)N(c1cccc(Cl)c1)S(C)(=O)=O. The van der Waals surface area contributed by atoms with Crippen molar-refractivity contribution in [3.63, 3.8) is 0 Å². The first-order valence-corrected chi connectivity index (χ1v) is 13.8. The zero-order chi connectivity index (χ0) is 24.1. The highest BCUT2D eigenvalue weighted by Gasteiger charge is 2.32. The summed E-state index contributed by atoms with van der Waals surface area (Å²) in [6, 6.07) is 11.0. The minimum absolute atomic E-state index is 0.114. The van der Waals surface area contributed by atoms with Crippen molar-refractivity contribution in [2.24, 2.45) is 0 Å². The van der Waals surface area contributed by atoms with Crippen molar-refractivity contribution < 1.29 is 21.6 Å². The Morgan fingerprint density at radius 3 is 2.06 bits per heavy atom. The molecule has 176 valence electrons. The van der Waals surface area contributed by atoms with Gasteiger partial charge in [0, 0.05) is 23.8 Å². The first kappa shape index (κ1) is 26.1. The third kappa shape index (κ3) is 6.00. The molecular weight excluding hydrogens is 474 g/mol. The maximum absolute atomic E-state index is 13.0. The molecule has 0 aliphatic heterocycles. The van der Waals surface area contributed by atoms with Crippen LogP contribution in [0.15, 0.2) is 53.4 Å². The Hall–Kier alpha value is -2.14. The van der Waals surface area contributed by atoms with Gasteiger partial charge in [-0.1, -0.05) is 38.4 Å². The fraction of sp³-hybridized carbons (Fsp3) is 0.381. The fourth-order valence-electron chi connectivity index (χ4n) is 3.32. The molecule has 1 amide bonds. The van der Waals surface area contributed by atoms with Gasteiger partial charge in [0.15, 0.2) is 0 Å². The van der Waals surface area contributed by atoms with Crippen molar-refractivity contribution in [3.8, 4) is 0 Å². The maximum atomic E-state index is 13.0. The van der Waals surface area contributed by atoms with E-state index in [4.69, 9.17) is 11.6 Å². The van der Waals surface area contributed by atoms with E-state index in [-0.39, 0.29) is 17.0 Å². The normalized spacial score (nSPS) is 13.1. The average molecular weight is 502 g/mol. The van der Waals surface area contributed by atoms with Crippen LogP contribution >= 0.6 is 11.6 Å². The van der Waals surface area contributed by atoms with Gasteiger partial charge in [-0.3, -0.25) is 9.10 Å². The minimum Gasteiger partial charge on any atom is -0.324 e. The average Bonchev–Trinajstić information content (AvgIpc) is 2.72. The smallest absolute Gasteiger partial charge is 0.248 e. The summed E-state index contributed by atoms with van der Waals surface area (Å²) < 4.78 is 52.6. The molecule has 0 spiro atoms. The third-order valence-electron chi connectivity index (χ3n) is 4.86. The number of hydrogen-bond donors (Lipinski definition) is 1. The van der Waals surface area contributed by atoms with E-state index in [1.54, 1.807) is 39.0 Å². The number of benzene rings is 2. The fourth-order valence-corrected chi connectivity index (χ4v) is 6.17. The van der Waals surface area contributed by atoms with Gasteiger partial charge in [0.1, 0.15) is 6.04 Å². The molecule has 11 heteroatoms. The number of halogens is 1. The van der Waals surface area contributed by atoms with Crippen LogP contribution in [-0.2, 0) is 24.8 Å². The van der Waals surface area contributed by atoms with Gasteiger partial charge in [-0.15, -0.1) is 0 Å². The Labute approximate surface area is 195 Å². The molecule has 0 radical (unpaired) electrons. The molecule has 1 N–H and O–H groups in total. The van der Waals surface area contributed by atoms with E-state index in [9.17, 15) is 21.6 Å². The largest absolute Gasteiger partial charge is 0.324 e. The van der Waals surface area contributed by atoms with Gasteiger partial charge in [-0.25, -0.2) is 16.8 Å². The number of rotatable bonds is 10. The molecule has 0 aromatic heterocycles. The minimum atomic E-state index is -3.80. The summed E-state index contributed by atoms with van der Waals surface area (Å²) in [4.78, 5) is 13.1. The van der Waals surface area contributed by atoms with Gasteiger partial charge in [-0.05, 0) is 48.9 Å². The van der Waals surface area contributed by atoms with Gasteiger partial charge in [0.2, 0.25) is 26.0 Å². The standard InChI is InChI=1S/C21H28ClN3O5S2/c1-5-20(25(31(4,27)28)18-10-8-9-16(22)15-18)21(26)23-17-11-13-19(14-12-17)32(29,30)24(6-2)7-3/h8-15,20H,5-7H2,1-4H3,(H,23,26). The topological polar surface area (TPSA) is 104 Å². The summed E-state index contributed by atoms with van der Waals surface area (Å²) in [5.74, 6) is -0.544. The molecule has 0 aliphatic carbocycles. The first-order valence-electron chi connectivity index (χ1n) is 10.1. The molecule has 2 rings (SSSR count). The second-order valence-corrected chi connectivity index (χ2v) is 11.3. The molecule has 32 heavy (non-hydrogen) atoms. The monoisotopic (exact) mass is 501 g/mol. The molecular formula is C21H28ClN3O5S2. The zero-order valence-electron chi connectivity index (χ0n) is 18.4. The molecule has 2 aromatic rings. The van der Waals surface area contributed by atoms with E-state index in [1.807, 2.05) is 0 Å². The van der Waals surface area contributed by atoms with Crippen LogP contribution in [0.3, 0.4) is 0 Å². The highest BCUT2D eigenvalue weighted by atomic mass is 35.5. The Morgan fingerprint density at radius 1 is 1.00 bits per heavy atom. The van der Waals surface area contributed by atoms with Gasteiger partial charge >= 0.3 is 0 Å². The van der Waals surface area contributed by atoms with Crippen LogP contribution in [0.2, 0.25) is 5.02 Å². The lowest BCUT2D eigenvalue weighted by Crippen LogP contribution is -2.47. The molecule has 0 heterocycles. The lowest BCUT2D eigenvalue weighted by atomic mass is 10.2. The molecule has 0 fully saturated rings. The summed E-state index contributed by atoms with van der Waals surface area (Å²) in [5.41, 5.74) is 0.633. The van der Waals surface area contributed by atoms with Crippen LogP contribution in [0.1, 0.15) is 27.2 Å². The lowest BCUT2D eigenvalue weighted by molar-refractivity contribution is -0.117. The summed E-state index contributed by atoms with van der Waals surface area (Å²) >= 11 is 6.02. The molecule has 1 unspecified atom stereocenters. The number of carbonyl (C=O) groups excluding carboxylic acids is 1. The number of nitrogens with one attached hydrogen (secondary N) is 1. The predicted molar refractivity (Wildman–Crippen MR) is 128 cm³/mol. The Balaban J connectivity index is 2.31. The van der Waals surface area contributed by atoms with Gasteiger partial charge in [0.05, 0.1) is 16.8 Å². The molecule has 0 aliphatic rings.